The van der Waals surface area contributed by atoms with Crippen molar-refractivity contribution in [3.8, 4) is 5.75 Å². The molecule has 4 heteroatoms. The van der Waals surface area contributed by atoms with Crippen LogP contribution in [0.3, 0.4) is 0 Å². The van der Waals surface area contributed by atoms with Crippen LogP contribution in [0.1, 0.15) is 34.4 Å². The molecule has 1 aromatic heterocycles. The van der Waals surface area contributed by atoms with E-state index in [1.54, 1.807) is 13.8 Å². The second-order valence-corrected chi connectivity index (χ2v) is 4.39. The van der Waals surface area contributed by atoms with Crippen molar-refractivity contribution in [3.05, 3.63) is 53.0 Å². The van der Waals surface area contributed by atoms with Gasteiger partial charge in [0.25, 0.3) is 0 Å². The zero-order valence-corrected chi connectivity index (χ0v) is 11.9. The number of furan rings is 1. The molecule has 0 saturated carbocycles. The molecular weight excluding hydrogens is 256 g/mol. The summed E-state index contributed by atoms with van der Waals surface area (Å²) in [5.41, 5.74) is 1.21. The molecule has 1 heterocycles. The zero-order chi connectivity index (χ0) is 14.5. The van der Waals surface area contributed by atoms with Crippen LogP contribution in [0.4, 0.5) is 0 Å². The molecule has 4 nitrogen and oxygen atoms in total. The average molecular weight is 274 g/mol. The molecule has 0 bridgehead atoms. The third-order valence-corrected chi connectivity index (χ3v) is 2.99. The van der Waals surface area contributed by atoms with E-state index in [-0.39, 0.29) is 12.6 Å². The van der Waals surface area contributed by atoms with E-state index in [9.17, 15) is 4.79 Å². The first-order valence-electron chi connectivity index (χ1n) is 6.57. The van der Waals surface area contributed by atoms with Gasteiger partial charge < -0.3 is 13.9 Å². The van der Waals surface area contributed by atoms with Gasteiger partial charge in [-0.1, -0.05) is 18.2 Å². The summed E-state index contributed by atoms with van der Waals surface area (Å²) in [5.74, 6) is 1.63. The summed E-state index contributed by atoms with van der Waals surface area (Å²) in [6.45, 7) is 5.97. The van der Waals surface area contributed by atoms with Crippen LogP contribution < -0.4 is 4.74 Å². The minimum atomic E-state index is -0.367. The van der Waals surface area contributed by atoms with Gasteiger partial charge in [-0.3, -0.25) is 0 Å². The first kappa shape index (κ1) is 14.2. The summed E-state index contributed by atoms with van der Waals surface area (Å²) < 4.78 is 16.3. The number of carbonyl (C=O) groups is 1. The van der Waals surface area contributed by atoms with Crippen molar-refractivity contribution in [2.45, 2.75) is 27.4 Å². The lowest BCUT2D eigenvalue weighted by atomic mass is 10.1. The van der Waals surface area contributed by atoms with Crippen LogP contribution >= 0.6 is 0 Å². The molecule has 2 aromatic rings. The maximum absolute atomic E-state index is 12.0. The largest absolute Gasteiger partial charge is 0.489 e. The Morgan fingerprint density at radius 3 is 2.50 bits per heavy atom. The third-order valence-electron chi connectivity index (χ3n) is 2.99. The third kappa shape index (κ3) is 3.02. The number of benzene rings is 1. The van der Waals surface area contributed by atoms with Gasteiger partial charge in [-0.05, 0) is 32.9 Å². The van der Waals surface area contributed by atoms with Gasteiger partial charge in [0, 0.05) is 5.56 Å². The highest BCUT2D eigenvalue weighted by atomic mass is 16.5. The molecule has 0 amide bonds. The molecule has 0 unspecified atom stereocenters. The smallest absolute Gasteiger partial charge is 0.342 e. The predicted molar refractivity (Wildman–Crippen MR) is 74.9 cm³/mol. The molecule has 0 radical (unpaired) electrons. The maximum Gasteiger partial charge on any atom is 0.342 e. The summed E-state index contributed by atoms with van der Waals surface area (Å²) in [6.07, 6.45) is 0. The first-order chi connectivity index (χ1) is 9.63. The van der Waals surface area contributed by atoms with E-state index in [1.807, 2.05) is 37.3 Å². The summed E-state index contributed by atoms with van der Waals surface area (Å²) in [6, 6.07) is 9.45. The predicted octanol–water partition coefficient (Wildman–Crippen LogP) is 3.65. The van der Waals surface area contributed by atoms with Crippen molar-refractivity contribution in [1.82, 2.24) is 0 Å². The second-order valence-electron chi connectivity index (χ2n) is 4.39. The Hall–Kier alpha value is -2.23. The molecule has 0 aliphatic heterocycles. The fraction of sp³-hybridized carbons (Fsp3) is 0.312. The molecule has 106 valence electrons. The molecule has 0 aliphatic rings. The molecule has 0 N–H and O–H groups in total. The molecule has 0 saturated heterocycles. The summed E-state index contributed by atoms with van der Waals surface area (Å²) in [5, 5.41) is 0. The number of esters is 1. The maximum atomic E-state index is 12.0. The van der Waals surface area contributed by atoms with Gasteiger partial charge in [0.1, 0.15) is 29.4 Å². The van der Waals surface area contributed by atoms with Crippen molar-refractivity contribution in [3.63, 3.8) is 0 Å². The van der Waals surface area contributed by atoms with Crippen LogP contribution in [0.5, 0.6) is 5.75 Å². The van der Waals surface area contributed by atoms with E-state index in [2.05, 4.69) is 0 Å². The van der Waals surface area contributed by atoms with Crippen LogP contribution in [-0.4, -0.2) is 12.6 Å². The lowest BCUT2D eigenvalue weighted by Gasteiger charge is -2.07. The van der Waals surface area contributed by atoms with E-state index >= 15 is 0 Å². The molecule has 2 rings (SSSR count). The lowest BCUT2D eigenvalue weighted by molar-refractivity contribution is 0.0521. The average Bonchev–Trinajstić information content (AvgIpc) is 2.72. The van der Waals surface area contributed by atoms with E-state index < -0.39 is 0 Å². The zero-order valence-electron chi connectivity index (χ0n) is 11.9. The van der Waals surface area contributed by atoms with Crippen LogP contribution in [0.15, 0.2) is 34.7 Å². The second kappa shape index (κ2) is 6.28. The number of hydrogen-bond acceptors (Lipinski definition) is 4. The monoisotopic (exact) mass is 274 g/mol. The Morgan fingerprint density at radius 1 is 1.15 bits per heavy atom. The van der Waals surface area contributed by atoms with E-state index in [1.165, 1.54) is 0 Å². The summed E-state index contributed by atoms with van der Waals surface area (Å²) in [7, 11) is 0. The van der Waals surface area contributed by atoms with Gasteiger partial charge in [0.2, 0.25) is 0 Å². The van der Waals surface area contributed by atoms with Crippen molar-refractivity contribution in [2.24, 2.45) is 0 Å². The number of carbonyl (C=O) groups excluding carboxylic acids is 1. The minimum absolute atomic E-state index is 0.279. The van der Waals surface area contributed by atoms with Crippen molar-refractivity contribution in [1.29, 1.82) is 0 Å². The molecule has 0 spiro atoms. The van der Waals surface area contributed by atoms with E-state index in [4.69, 9.17) is 13.9 Å². The molecular formula is C16H18O4. The standard InChI is InChI=1S/C16H18O4/c1-4-18-16(17)15-12(3)20-11(2)14(15)10-19-13-8-6-5-7-9-13/h5-9H,4,10H2,1-3H3. The Balaban J connectivity index is 2.20. The SMILES string of the molecule is CCOC(=O)c1c(C)oc(C)c1COc1ccccc1. The van der Waals surface area contributed by atoms with Crippen molar-refractivity contribution >= 4 is 5.97 Å². The van der Waals surface area contributed by atoms with E-state index in [0.717, 1.165) is 11.3 Å². The lowest BCUT2D eigenvalue weighted by Crippen LogP contribution is -2.09. The molecule has 0 aliphatic carbocycles. The number of aryl methyl sites for hydroxylation is 2. The van der Waals surface area contributed by atoms with Gasteiger partial charge in [0.05, 0.1) is 6.61 Å². The van der Waals surface area contributed by atoms with Gasteiger partial charge in [-0.25, -0.2) is 4.79 Å². The van der Waals surface area contributed by atoms with Gasteiger partial charge in [-0.15, -0.1) is 0 Å². The Bertz CT molecular complexity index is 584. The summed E-state index contributed by atoms with van der Waals surface area (Å²) >= 11 is 0. The highest BCUT2D eigenvalue weighted by Crippen LogP contribution is 2.24. The molecule has 0 atom stereocenters. The van der Waals surface area contributed by atoms with Crippen LogP contribution in [0.25, 0.3) is 0 Å². The van der Waals surface area contributed by atoms with Gasteiger partial charge in [0.15, 0.2) is 0 Å². The number of ether oxygens (including phenoxy) is 2. The number of para-hydroxylation sites is 1. The van der Waals surface area contributed by atoms with Crippen LogP contribution in [0.2, 0.25) is 0 Å². The fourth-order valence-corrected chi connectivity index (χ4v) is 2.05. The Kier molecular flexibility index (Phi) is 4.45. The first-order valence-corrected chi connectivity index (χ1v) is 6.57. The molecule has 20 heavy (non-hydrogen) atoms. The normalized spacial score (nSPS) is 10.3. The Morgan fingerprint density at radius 2 is 1.85 bits per heavy atom. The highest BCUT2D eigenvalue weighted by molar-refractivity contribution is 5.92. The van der Waals surface area contributed by atoms with Gasteiger partial charge >= 0.3 is 5.97 Å². The summed E-state index contributed by atoms with van der Waals surface area (Å²) in [4.78, 5) is 12.0. The van der Waals surface area contributed by atoms with Crippen LogP contribution in [0, 0.1) is 13.8 Å². The highest BCUT2D eigenvalue weighted by Gasteiger charge is 2.22. The van der Waals surface area contributed by atoms with Crippen molar-refractivity contribution < 1.29 is 18.7 Å². The molecule has 1 aromatic carbocycles. The Labute approximate surface area is 118 Å². The fourth-order valence-electron chi connectivity index (χ4n) is 2.05. The van der Waals surface area contributed by atoms with E-state index in [0.29, 0.717) is 23.7 Å². The van der Waals surface area contributed by atoms with Crippen molar-refractivity contribution in [2.75, 3.05) is 6.61 Å². The number of rotatable bonds is 5. The minimum Gasteiger partial charge on any atom is -0.489 e. The number of hydrogen-bond donors (Lipinski definition) is 0. The topological polar surface area (TPSA) is 48.7 Å². The van der Waals surface area contributed by atoms with Crippen LogP contribution in [-0.2, 0) is 11.3 Å². The quantitative estimate of drug-likeness (QED) is 0.781. The molecule has 0 fully saturated rings. The van der Waals surface area contributed by atoms with Gasteiger partial charge in [-0.2, -0.15) is 0 Å².